The van der Waals surface area contributed by atoms with Gasteiger partial charge < -0.3 is 4.90 Å². The van der Waals surface area contributed by atoms with Crippen molar-refractivity contribution in [2.45, 2.75) is 33.9 Å². The van der Waals surface area contributed by atoms with Gasteiger partial charge in [-0.05, 0) is 29.0 Å². The summed E-state index contributed by atoms with van der Waals surface area (Å²) in [5.74, 6) is 0.234. The van der Waals surface area contributed by atoms with Crippen molar-refractivity contribution < 1.29 is 9.18 Å². The van der Waals surface area contributed by atoms with Crippen LogP contribution < -0.4 is 5.32 Å². The lowest BCUT2D eigenvalue weighted by Gasteiger charge is -2.33. The number of carbonyl (C=O) groups excluding carboxylic acids is 1. The lowest BCUT2D eigenvalue weighted by atomic mass is 9.81. The van der Waals surface area contributed by atoms with E-state index in [0.717, 1.165) is 5.56 Å². The molecule has 0 spiro atoms. The van der Waals surface area contributed by atoms with Crippen LogP contribution in [0.5, 0.6) is 0 Å². The number of benzene rings is 1. The number of nitrogens with zero attached hydrogens (tertiary/aromatic N) is 1. The van der Waals surface area contributed by atoms with Gasteiger partial charge >= 0.3 is 0 Å². The fourth-order valence-corrected chi connectivity index (χ4v) is 2.26. The van der Waals surface area contributed by atoms with Crippen LogP contribution in [-0.2, 0) is 4.79 Å². The Labute approximate surface area is 120 Å². The highest BCUT2D eigenvalue weighted by Gasteiger charge is 2.34. The molecule has 3 nitrogen and oxygen atoms in total. The van der Waals surface area contributed by atoms with E-state index < -0.39 is 0 Å². The van der Waals surface area contributed by atoms with Crippen LogP contribution in [0.1, 0.15) is 39.4 Å². The Morgan fingerprint density at radius 2 is 1.95 bits per heavy atom. The van der Waals surface area contributed by atoms with Crippen molar-refractivity contribution in [2.75, 3.05) is 13.1 Å². The molecular weight excluding hydrogens is 255 g/mol. The normalized spacial score (nSPS) is 21.4. The van der Waals surface area contributed by atoms with Gasteiger partial charge in [0.15, 0.2) is 0 Å². The second kappa shape index (κ2) is 5.52. The molecule has 4 heteroatoms. The molecule has 1 N–H and O–H groups in total. The summed E-state index contributed by atoms with van der Waals surface area (Å²) in [6.07, 6.45) is -0.145. The van der Waals surface area contributed by atoms with E-state index in [1.54, 1.807) is 12.1 Å². The molecule has 1 fully saturated rings. The first kappa shape index (κ1) is 15.0. The molecule has 1 aliphatic rings. The number of rotatable bonds is 3. The van der Waals surface area contributed by atoms with Gasteiger partial charge in [-0.1, -0.05) is 39.8 Å². The summed E-state index contributed by atoms with van der Waals surface area (Å²) >= 11 is 0. The van der Waals surface area contributed by atoms with Gasteiger partial charge in [0.25, 0.3) is 0 Å². The minimum Gasteiger partial charge on any atom is -0.322 e. The molecule has 0 radical (unpaired) electrons. The summed E-state index contributed by atoms with van der Waals surface area (Å²) in [5, 5.41) is 3.20. The van der Waals surface area contributed by atoms with Gasteiger partial charge in [-0.25, -0.2) is 4.39 Å². The summed E-state index contributed by atoms with van der Waals surface area (Å²) < 4.78 is 13.0. The van der Waals surface area contributed by atoms with Gasteiger partial charge in [-0.2, -0.15) is 0 Å². The van der Waals surface area contributed by atoms with E-state index in [1.165, 1.54) is 12.1 Å². The maximum Gasteiger partial charge on any atom is 0.238 e. The van der Waals surface area contributed by atoms with Crippen molar-refractivity contribution in [3.63, 3.8) is 0 Å². The largest absolute Gasteiger partial charge is 0.322 e. The van der Waals surface area contributed by atoms with Gasteiger partial charge in [0.1, 0.15) is 12.0 Å². The number of hydrogen-bond donors (Lipinski definition) is 1. The van der Waals surface area contributed by atoms with Crippen molar-refractivity contribution in [2.24, 2.45) is 11.3 Å². The van der Waals surface area contributed by atoms with Crippen LogP contribution in [0, 0.1) is 17.2 Å². The zero-order valence-electron chi connectivity index (χ0n) is 12.6. The average Bonchev–Trinajstić information content (AvgIpc) is 2.71. The van der Waals surface area contributed by atoms with E-state index in [2.05, 4.69) is 33.0 Å². The topological polar surface area (TPSA) is 32.3 Å². The fraction of sp³-hybridized carbons (Fsp3) is 0.562. The van der Waals surface area contributed by atoms with Crippen LogP contribution in [0.4, 0.5) is 4.39 Å². The molecule has 1 heterocycles. The van der Waals surface area contributed by atoms with E-state index in [1.807, 2.05) is 4.90 Å². The smallest absolute Gasteiger partial charge is 0.238 e. The summed E-state index contributed by atoms with van der Waals surface area (Å²) in [6.45, 7) is 9.75. The van der Waals surface area contributed by atoms with E-state index in [4.69, 9.17) is 0 Å². The maximum atomic E-state index is 13.0. The third-order valence-electron chi connectivity index (χ3n) is 4.21. The van der Waals surface area contributed by atoms with Crippen molar-refractivity contribution in [3.8, 4) is 0 Å². The molecule has 2 rings (SSSR count). The average molecular weight is 278 g/mol. The molecule has 1 aromatic carbocycles. The van der Waals surface area contributed by atoms with Gasteiger partial charge in [0.05, 0.1) is 6.54 Å². The summed E-state index contributed by atoms with van der Waals surface area (Å²) in [5.41, 5.74) is 1.08. The standard InChI is InChI=1S/C16H23FN2O/c1-11(16(2,3)4)10-19-14(20)9-18-15(19)12-5-7-13(17)8-6-12/h5-8,11,15,18H,9-10H2,1-4H3. The van der Waals surface area contributed by atoms with Crippen LogP contribution in [0.15, 0.2) is 24.3 Å². The van der Waals surface area contributed by atoms with Crippen LogP contribution in [0.25, 0.3) is 0 Å². The first-order chi connectivity index (χ1) is 9.29. The second-order valence-corrected chi connectivity index (χ2v) is 6.65. The van der Waals surface area contributed by atoms with Crippen molar-refractivity contribution in [1.29, 1.82) is 0 Å². The van der Waals surface area contributed by atoms with Crippen LogP contribution >= 0.6 is 0 Å². The predicted octanol–water partition coefficient (Wildman–Crippen LogP) is 2.94. The Morgan fingerprint density at radius 1 is 1.35 bits per heavy atom. The van der Waals surface area contributed by atoms with Crippen LogP contribution in [0.3, 0.4) is 0 Å². The Bertz CT molecular complexity index is 478. The first-order valence-electron chi connectivity index (χ1n) is 7.07. The zero-order chi connectivity index (χ0) is 14.9. The SMILES string of the molecule is CC(CN1C(=O)CNC1c1ccc(F)cc1)C(C)(C)C. The Balaban J connectivity index is 2.16. The monoisotopic (exact) mass is 278 g/mol. The maximum absolute atomic E-state index is 13.0. The molecule has 2 unspecified atom stereocenters. The van der Waals surface area contributed by atoms with Crippen molar-refractivity contribution in [3.05, 3.63) is 35.6 Å². The molecule has 1 amide bonds. The quantitative estimate of drug-likeness (QED) is 0.922. The minimum absolute atomic E-state index is 0.107. The van der Waals surface area contributed by atoms with Crippen molar-refractivity contribution in [1.82, 2.24) is 10.2 Å². The molecule has 0 aromatic heterocycles. The van der Waals surface area contributed by atoms with Gasteiger partial charge in [-0.15, -0.1) is 0 Å². The Hall–Kier alpha value is -1.42. The third-order valence-corrected chi connectivity index (χ3v) is 4.21. The van der Waals surface area contributed by atoms with E-state index in [9.17, 15) is 9.18 Å². The number of halogens is 1. The van der Waals surface area contributed by atoms with E-state index in [0.29, 0.717) is 19.0 Å². The fourth-order valence-electron chi connectivity index (χ4n) is 2.26. The minimum atomic E-state index is -0.257. The Kier molecular flexibility index (Phi) is 4.14. The lowest BCUT2D eigenvalue weighted by molar-refractivity contribution is -0.129. The molecule has 1 aromatic rings. The molecule has 1 saturated heterocycles. The second-order valence-electron chi connectivity index (χ2n) is 6.65. The van der Waals surface area contributed by atoms with Gasteiger partial charge in [0.2, 0.25) is 5.91 Å². The van der Waals surface area contributed by atoms with Crippen LogP contribution in [0.2, 0.25) is 0 Å². The number of hydrogen-bond acceptors (Lipinski definition) is 2. The first-order valence-corrected chi connectivity index (χ1v) is 7.07. The van der Waals surface area contributed by atoms with Gasteiger partial charge in [-0.3, -0.25) is 10.1 Å². The van der Waals surface area contributed by atoms with Gasteiger partial charge in [0, 0.05) is 6.54 Å². The molecule has 110 valence electrons. The van der Waals surface area contributed by atoms with Crippen molar-refractivity contribution >= 4 is 5.91 Å². The highest BCUT2D eigenvalue weighted by Crippen LogP contribution is 2.30. The molecule has 1 aliphatic heterocycles. The molecule has 2 atom stereocenters. The third kappa shape index (κ3) is 3.18. The summed E-state index contributed by atoms with van der Waals surface area (Å²) in [6, 6.07) is 6.34. The molecule has 20 heavy (non-hydrogen) atoms. The molecule has 0 saturated carbocycles. The number of carbonyl (C=O) groups is 1. The zero-order valence-corrected chi connectivity index (χ0v) is 12.6. The van der Waals surface area contributed by atoms with Crippen LogP contribution in [-0.4, -0.2) is 23.9 Å². The molecular formula is C16H23FN2O. The highest BCUT2D eigenvalue weighted by atomic mass is 19.1. The summed E-state index contributed by atoms with van der Waals surface area (Å²) in [7, 11) is 0. The lowest BCUT2D eigenvalue weighted by Crippen LogP contribution is -2.37. The summed E-state index contributed by atoms with van der Waals surface area (Å²) in [4.78, 5) is 13.9. The van der Waals surface area contributed by atoms with E-state index >= 15 is 0 Å². The van der Waals surface area contributed by atoms with E-state index in [-0.39, 0.29) is 23.3 Å². The Morgan fingerprint density at radius 3 is 2.50 bits per heavy atom. The predicted molar refractivity (Wildman–Crippen MR) is 77.5 cm³/mol. The molecule has 0 bridgehead atoms. The number of nitrogens with one attached hydrogen (secondary N) is 1. The molecule has 0 aliphatic carbocycles. The number of amides is 1. The highest BCUT2D eigenvalue weighted by molar-refractivity contribution is 5.81.